The van der Waals surface area contributed by atoms with Crippen molar-refractivity contribution in [1.82, 2.24) is 0 Å². The molecule has 0 aliphatic heterocycles. The summed E-state index contributed by atoms with van der Waals surface area (Å²) in [4.78, 5) is 1.12. The van der Waals surface area contributed by atoms with Crippen LogP contribution in [0.3, 0.4) is 0 Å². The van der Waals surface area contributed by atoms with Gasteiger partial charge < -0.3 is 14.6 Å². The predicted octanol–water partition coefficient (Wildman–Crippen LogP) is 2.74. The van der Waals surface area contributed by atoms with Gasteiger partial charge >= 0.3 is 0 Å². The van der Waals surface area contributed by atoms with Gasteiger partial charge in [-0.15, -0.1) is 11.8 Å². The van der Waals surface area contributed by atoms with Gasteiger partial charge in [0.2, 0.25) is 0 Å². The van der Waals surface area contributed by atoms with Crippen LogP contribution in [0.4, 0.5) is 0 Å². The number of aliphatic hydroxyl groups is 1. The zero-order valence-electron chi connectivity index (χ0n) is 10.8. The van der Waals surface area contributed by atoms with Crippen LogP contribution in [0.15, 0.2) is 17.0 Å². The lowest BCUT2D eigenvalue weighted by Crippen LogP contribution is -2.00. The number of methoxy groups -OCH3 is 2. The Hall–Kier alpha value is -0.870. The summed E-state index contributed by atoms with van der Waals surface area (Å²) < 4.78 is 10.7. The monoisotopic (exact) mass is 256 g/mol. The minimum atomic E-state index is 0.0867. The normalized spacial score (nSPS) is 10.7. The lowest BCUT2D eigenvalue weighted by Gasteiger charge is -2.15. The molecule has 4 heteroatoms. The van der Waals surface area contributed by atoms with Crippen LogP contribution in [-0.4, -0.2) is 31.2 Å². The van der Waals surface area contributed by atoms with Gasteiger partial charge in [-0.1, -0.05) is 13.8 Å². The molecule has 17 heavy (non-hydrogen) atoms. The van der Waals surface area contributed by atoms with Crippen molar-refractivity contribution in [2.75, 3.05) is 20.8 Å². The van der Waals surface area contributed by atoms with Crippen LogP contribution in [0.1, 0.15) is 19.4 Å². The fourth-order valence-electron chi connectivity index (χ4n) is 1.66. The number of rotatable bonds is 6. The fourth-order valence-corrected chi connectivity index (χ4v) is 2.55. The van der Waals surface area contributed by atoms with Crippen molar-refractivity contribution in [2.45, 2.75) is 30.4 Å². The lowest BCUT2D eigenvalue weighted by molar-refractivity contribution is 0.293. The van der Waals surface area contributed by atoms with Gasteiger partial charge in [0.1, 0.15) is 11.5 Å². The van der Waals surface area contributed by atoms with Crippen molar-refractivity contribution in [1.29, 1.82) is 0 Å². The molecule has 0 bridgehead atoms. The van der Waals surface area contributed by atoms with Gasteiger partial charge in [0.05, 0.1) is 14.2 Å². The topological polar surface area (TPSA) is 38.7 Å². The van der Waals surface area contributed by atoms with Crippen LogP contribution in [0, 0.1) is 0 Å². The smallest absolute Gasteiger partial charge is 0.126 e. The molecule has 0 atom stereocenters. The quantitative estimate of drug-likeness (QED) is 0.794. The molecule has 3 nitrogen and oxygen atoms in total. The first kappa shape index (κ1) is 14.2. The zero-order valence-corrected chi connectivity index (χ0v) is 11.6. The van der Waals surface area contributed by atoms with Gasteiger partial charge in [-0.05, 0) is 12.1 Å². The standard InChI is InChI=1S/C13H20O3S/c1-9(2)17-10-7-12(15-3)11(5-6-14)13(8-10)16-4/h7-9,14H,5-6H2,1-4H3. The second-order valence-electron chi connectivity index (χ2n) is 3.95. The first-order valence-corrected chi connectivity index (χ1v) is 6.52. The van der Waals surface area contributed by atoms with Gasteiger partial charge in [-0.25, -0.2) is 0 Å². The lowest BCUT2D eigenvalue weighted by atomic mass is 10.1. The average Bonchev–Trinajstić information content (AvgIpc) is 2.30. The van der Waals surface area contributed by atoms with Crippen LogP contribution in [0.2, 0.25) is 0 Å². The summed E-state index contributed by atoms with van der Waals surface area (Å²) >= 11 is 1.76. The van der Waals surface area contributed by atoms with Crippen LogP contribution in [0.25, 0.3) is 0 Å². The Morgan fingerprint density at radius 1 is 1.18 bits per heavy atom. The molecule has 0 saturated heterocycles. The summed E-state index contributed by atoms with van der Waals surface area (Å²) in [6.07, 6.45) is 0.541. The molecule has 0 unspecified atom stereocenters. The Kier molecular flexibility index (Phi) is 5.65. The molecule has 1 N–H and O–H groups in total. The van der Waals surface area contributed by atoms with E-state index in [2.05, 4.69) is 13.8 Å². The summed E-state index contributed by atoms with van der Waals surface area (Å²) in [5, 5.41) is 9.57. The van der Waals surface area contributed by atoms with Crippen molar-refractivity contribution in [3.63, 3.8) is 0 Å². The molecule has 0 saturated carbocycles. The highest BCUT2D eigenvalue weighted by Crippen LogP contribution is 2.36. The van der Waals surface area contributed by atoms with Crippen molar-refractivity contribution in [3.8, 4) is 11.5 Å². The number of benzene rings is 1. The number of aliphatic hydroxyl groups excluding tert-OH is 1. The van der Waals surface area contributed by atoms with E-state index < -0.39 is 0 Å². The van der Waals surface area contributed by atoms with Crippen LogP contribution in [-0.2, 0) is 6.42 Å². The van der Waals surface area contributed by atoms with E-state index in [-0.39, 0.29) is 6.61 Å². The summed E-state index contributed by atoms with van der Waals surface area (Å²) in [5.74, 6) is 1.56. The molecule has 0 heterocycles. The van der Waals surface area contributed by atoms with E-state index in [1.54, 1.807) is 26.0 Å². The molecule has 0 fully saturated rings. The van der Waals surface area contributed by atoms with Crippen molar-refractivity contribution >= 4 is 11.8 Å². The van der Waals surface area contributed by atoms with Crippen molar-refractivity contribution < 1.29 is 14.6 Å². The van der Waals surface area contributed by atoms with Gasteiger partial charge in [0, 0.05) is 28.7 Å². The minimum Gasteiger partial charge on any atom is -0.496 e. The van der Waals surface area contributed by atoms with Gasteiger partial charge in [-0.3, -0.25) is 0 Å². The molecule has 0 amide bonds. The first-order chi connectivity index (χ1) is 8.12. The van der Waals surface area contributed by atoms with Crippen molar-refractivity contribution in [2.24, 2.45) is 0 Å². The van der Waals surface area contributed by atoms with Gasteiger partial charge in [0.15, 0.2) is 0 Å². The Morgan fingerprint density at radius 3 is 2.06 bits per heavy atom. The second kappa shape index (κ2) is 6.77. The Balaban J connectivity index is 3.13. The maximum atomic E-state index is 9.06. The number of hydrogen-bond donors (Lipinski definition) is 1. The SMILES string of the molecule is COc1cc(SC(C)C)cc(OC)c1CCO. The van der Waals surface area contributed by atoms with E-state index in [0.29, 0.717) is 11.7 Å². The second-order valence-corrected chi connectivity index (χ2v) is 5.60. The number of hydrogen-bond acceptors (Lipinski definition) is 4. The Morgan fingerprint density at radius 2 is 1.71 bits per heavy atom. The van der Waals surface area contributed by atoms with E-state index in [9.17, 15) is 0 Å². The highest BCUT2D eigenvalue weighted by atomic mass is 32.2. The van der Waals surface area contributed by atoms with E-state index in [4.69, 9.17) is 14.6 Å². The van der Waals surface area contributed by atoms with E-state index in [1.165, 1.54) is 0 Å². The number of thioether (sulfide) groups is 1. The molecule has 1 rings (SSSR count). The maximum Gasteiger partial charge on any atom is 0.126 e. The molecule has 1 aromatic rings. The molecule has 0 radical (unpaired) electrons. The molecular weight excluding hydrogens is 236 g/mol. The zero-order chi connectivity index (χ0) is 12.8. The van der Waals surface area contributed by atoms with Crippen LogP contribution >= 0.6 is 11.8 Å². The summed E-state index contributed by atoms with van der Waals surface area (Å²) in [6, 6.07) is 4.00. The summed E-state index contributed by atoms with van der Waals surface area (Å²) in [7, 11) is 3.28. The fraction of sp³-hybridized carbons (Fsp3) is 0.538. The summed E-state index contributed by atoms with van der Waals surface area (Å²) in [6.45, 7) is 4.37. The van der Waals surface area contributed by atoms with E-state index in [1.807, 2.05) is 12.1 Å². The van der Waals surface area contributed by atoms with E-state index in [0.717, 1.165) is 22.0 Å². The largest absolute Gasteiger partial charge is 0.496 e. The molecular formula is C13H20O3S. The van der Waals surface area contributed by atoms with Crippen molar-refractivity contribution in [3.05, 3.63) is 17.7 Å². The highest BCUT2D eigenvalue weighted by molar-refractivity contribution is 7.99. The molecule has 0 aliphatic rings. The number of ether oxygens (including phenoxy) is 2. The Labute approximate surface area is 107 Å². The van der Waals surface area contributed by atoms with Crippen LogP contribution in [0.5, 0.6) is 11.5 Å². The maximum absolute atomic E-state index is 9.06. The molecule has 0 aliphatic carbocycles. The molecule has 1 aromatic carbocycles. The molecule has 0 spiro atoms. The average molecular weight is 256 g/mol. The third kappa shape index (κ3) is 3.82. The van der Waals surface area contributed by atoms with Crippen LogP contribution < -0.4 is 9.47 Å². The summed E-state index contributed by atoms with van der Waals surface area (Å²) in [5.41, 5.74) is 0.922. The minimum absolute atomic E-state index is 0.0867. The molecule has 0 aromatic heterocycles. The van der Waals surface area contributed by atoms with Gasteiger partial charge in [0.25, 0.3) is 0 Å². The highest BCUT2D eigenvalue weighted by Gasteiger charge is 2.13. The predicted molar refractivity (Wildman–Crippen MR) is 71.3 cm³/mol. The third-order valence-corrected chi connectivity index (χ3v) is 3.29. The first-order valence-electron chi connectivity index (χ1n) is 5.64. The van der Waals surface area contributed by atoms with Gasteiger partial charge in [-0.2, -0.15) is 0 Å². The molecule has 96 valence electrons. The Bertz CT molecular complexity index is 339. The van der Waals surface area contributed by atoms with E-state index >= 15 is 0 Å². The third-order valence-electron chi connectivity index (χ3n) is 2.31.